The molecule has 2 bridgehead atoms. The lowest BCUT2D eigenvalue weighted by Gasteiger charge is -2.35. The van der Waals surface area contributed by atoms with E-state index >= 15 is 0 Å². The molecule has 3 aromatic rings. The zero-order valence-electron chi connectivity index (χ0n) is 17.5. The van der Waals surface area contributed by atoms with Crippen molar-refractivity contribution < 1.29 is 24.5 Å². The summed E-state index contributed by atoms with van der Waals surface area (Å²) in [5.41, 5.74) is 1.23. The highest BCUT2D eigenvalue weighted by Crippen LogP contribution is 2.38. The van der Waals surface area contributed by atoms with Gasteiger partial charge in [-0.15, -0.1) is 11.3 Å². The van der Waals surface area contributed by atoms with Gasteiger partial charge in [-0.2, -0.15) is 0 Å². The van der Waals surface area contributed by atoms with Gasteiger partial charge in [-0.25, -0.2) is 14.6 Å². The van der Waals surface area contributed by atoms with Gasteiger partial charge in [-0.3, -0.25) is 0 Å². The first-order chi connectivity index (χ1) is 15.4. The second kappa shape index (κ2) is 9.81. The topological polar surface area (TPSA) is 100.0 Å². The number of hydrogen-bond acceptors (Lipinski definition) is 7. The van der Waals surface area contributed by atoms with Crippen LogP contribution in [0.5, 0.6) is 5.19 Å². The van der Waals surface area contributed by atoms with Gasteiger partial charge in [0.1, 0.15) is 6.10 Å². The van der Waals surface area contributed by atoms with Crippen molar-refractivity contribution in [3.8, 4) is 15.6 Å². The number of aromatic nitrogens is 1. The van der Waals surface area contributed by atoms with Gasteiger partial charge >= 0.3 is 11.9 Å². The van der Waals surface area contributed by atoms with Gasteiger partial charge in [0, 0.05) is 35.1 Å². The number of rotatable bonds is 5. The summed E-state index contributed by atoms with van der Waals surface area (Å²) in [6, 6.07) is 10.2. The number of fused-ring (bicyclic) bond motifs is 3. The Kier molecular flexibility index (Phi) is 6.88. The summed E-state index contributed by atoms with van der Waals surface area (Å²) in [5, 5.41) is 19.9. The fourth-order valence-corrected chi connectivity index (χ4v) is 5.91. The minimum Gasteiger partial charge on any atom is -0.478 e. The largest absolute Gasteiger partial charge is 0.478 e. The molecule has 7 nitrogen and oxygen atoms in total. The molecular weight excluding hydrogens is 448 g/mol. The van der Waals surface area contributed by atoms with E-state index in [0.29, 0.717) is 30.3 Å². The summed E-state index contributed by atoms with van der Waals surface area (Å²) in [6.07, 6.45) is 8.33. The number of aliphatic carboxylic acids is 2. The number of ether oxygens (including phenoxy) is 1. The molecule has 2 atom stereocenters. The average Bonchev–Trinajstić information content (AvgIpc) is 3.45. The van der Waals surface area contributed by atoms with Crippen molar-refractivity contribution in [1.29, 1.82) is 0 Å². The Labute approximate surface area is 193 Å². The molecule has 5 rings (SSSR count). The molecule has 0 aliphatic carbocycles. The third-order valence-corrected chi connectivity index (χ3v) is 7.75. The third-order valence-electron chi connectivity index (χ3n) is 5.91. The fourth-order valence-electron chi connectivity index (χ4n) is 4.31. The first-order valence-electron chi connectivity index (χ1n) is 10.3. The first-order valence-corrected chi connectivity index (χ1v) is 12.0. The van der Waals surface area contributed by atoms with Crippen LogP contribution in [0.4, 0.5) is 0 Å². The molecule has 32 heavy (non-hydrogen) atoms. The molecule has 4 heterocycles. The number of piperidine rings is 1. The maximum atomic E-state index is 9.55. The van der Waals surface area contributed by atoms with E-state index in [1.165, 1.54) is 33.4 Å². The number of carbonyl (C=O) groups is 2. The van der Waals surface area contributed by atoms with Crippen molar-refractivity contribution in [2.45, 2.75) is 43.9 Å². The van der Waals surface area contributed by atoms with Gasteiger partial charge in [0.25, 0.3) is 5.19 Å². The van der Waals surface area contributed by atoms with Crippen LogP contribution in [0.15, 0.2) is 48.0 Å². The Bertz CT molecular complexity index is 1110. The Morgan fingerprint density at radius 2 is 1.81 bits per heavy atom. The smallest absolute Gasteiger partial charge is 0.328 e. The number of hydrogen-bond donors (Lipinski definition) is 2. The van der Waals surface area contributed by atoms with Crippen molar-refractivity contribution >= 4 is 44.7 Å². The van der Waals surface area contributed by atoms with Gasteiger partial charge in [0.15, 0.2) is 0 Å². The molecule has 0 spiro atoms. The number of thiazole rings is 1. The van der Waals surface area contributed by atoms with E-state index in [9.17, 15) is 9.59 Å². The number of nitrogens with zero attached hydrogens (tertiary/aromatic N) is 2. The summed E-state index contributed by atoms with van der Waals surface area (Å²) < 4.78 is 7.58. The fraction of sp³-hybridized carbons (Fsp3) is 0.348. The van der Waals surface area contributed by atoms with Crippen LogP contribution < -0.4 is 4.74 Å². The molecule has 2 unspecified atom stereocenters. The molecule has 1 aromatic carbocycles. The Balaban J connectivity index is 0.000000265. The van der Waals surface area contributed by atoms with Crippen molar-refractivity contribution in [3.63, 3.8) is 0 Å². The van der Waals surface area contributed by atoms with Crippen molar-refractivity contribution in [2.24, 2.45) is 0 Å². The normalized spacial score (nSPS) is 22.6. The average molecular weight is 473 g/mol. The van der Waals surface area contributed by atoms with Crippen LogP contribution in [0, 0.1) is 0 Å². The Hall–Kier alpha value is -2.75. The van der Waals surface area contributed by atoms with Crippen molar-refractivity contribution in [3.05, 3.63) is 48.0 Å². The first kappa shape index (κ1) is 22.4. The summed E-state index contributed by atoms with van der Waals surface area (Å²) in [5.74, 6) is -2.51. The van der Waals surface area contributed by atoms with E-state index in [0.717, 1.165) is 18.0 Å². The maximum absolute atomic E-state index is 9.55. The van der Waals surface area contributed by atoms with Gasteiger partial charge in [0.05, 0.1) is 4.88 Å². The molecule has 168 valence electrons. The molecule has 9 heteroatoms. The molecule has 2 aliphatic heterocycles. The minimum absolute atomic E-state index is 0.331. The molecule has 2 saturated heterocycles. The monoisotopic (exact) mass is 472 g/mol. The third kappa shape index (κ3) is 5.35. The van der Waals surface area contributed by atoms with Crippen molar-refractivity contribution in [2.75, 3.05) is 7.05 Å². The predicted molar refractivity (Wildman–Crippen MR) is 126 cm³/mol. The number of benzene rings is 1. The predicted octanol–water partition coefficient (Wildman–Crippen LogP) is 4.74. The van der Waals surface area contributed by atoms with Crippen LogP contribution in [0.2, 0.25) is 0 Å². The number of carboxylic acid groups (broad SMARTS) is 2. The lowest BCUT2D eigenvalue weighted by atomic mass is 10.0. The zero-order valence-corrected chi connectivity index (χ0v) is 19.1. The van der Waals surface area contributed by atoms with Crippen LogP contribution in [0.25, 0.3) is 20.5 Å². The lowest BCUT2D eigenvalue weighted by molar-refractivity contribution is -0.134. The molecule has 0 amide bonds. The Morgan fingerprint density at radius 1 is 1.12 bits per heavy atom. The van der Waals surface area contributed by atoms with Crippen LogP contribution in [0.3, 0.4) is 0 Å². The van der Waals surface area contributed by atoms with Gasteiger partial charge in [-0.1, -0.05) is 17.4 Å². The van der Waals surface area contributed by atoms with E-state index in [-0.39, 0.29) is 0 Å². The second-order valence-electron chi connectivity index (χ2n) is 7.94. The molecule has 2 aliphatic rings. The number of thiophene rings is 1. The summed E-state index contributed by atoms with van der Waals surface area (Å²) >= 11 is 3.46. The van der Waals surface area contributed by atoms with Crippen LogP contribution >= 0.6 is 22.7 Å². The molecule has 0 radical (unpaired) electrons. The molecule has 2 aromatic heterocycles. The summed E-state index contributed by atoms with van der Waals surface area (Å²) in [7, 11) is 2.26. The standard InChI is InChI=1S/C19H20N2OS2.C4H4O4/c1-21-14-3-4-15(21)10-16(9-14)22-19-20-11-18(24-19)12-2-5-17-13(8-12)6-7-23-17;5-3(6)1-2-4(7)8/h2,5-8,11,14-16H,3-4,9-10H2,1H3;1-2H,(H,5,6)(H,7,8)/b;2-1+. The quantitative estimate of drug-likeness (QED) is 0.517. The highest BCUT2D eigenvalue weighted by atomic mass is 32.1. The van der Waals surface area contributed by atoms with E-state index in [1.807, 2.05) is 6.20 Å². The molecule has 2 fully saturated rings. The zero-order chi connectivity index (χ0) is 22.7. The highest BCUT2D eigenvalue weighted by molar-refractivity contribution is 7.17. The SMILES string of the molecule is CN1C2CCC1CC(Oc1ncc(-c3ccc4sccc4c3)s1)C2.O=C(O)/C=C/C(=O)O. The lowest BCUT2D eigenvalue weighted by Crippen LogP contribution is -2.43. The van der Waals surface area contributed by atoms with E-state index in [2.05, 4.69) is 46.6 Å². The van der Waals surface area contributed by atoms with Gasteiger partial charge in [0.2, 0.25) is 0 Å². The van der Waals surface area contributed by atoms with Gasteiger partial charge < -0.3 is 19.8 Å². The van der Waals surface area contributed by atoms with E-state index < -0.39 is 11.9 Å². The van der Waals surface area contributed by atoms with Gasteiger partial charge in [-0.05, 0) is 67.3 Å². The molecular formula is C23H24N2O5S2. The minimum atomic E-state index is -1.26. The second-order valence-corrected chi connectivity index (χ2v) is 9.88. The summed E-state index contributed by atoms with van der Waals surface area (Å²) in [6.45, 7) is 0. The van der Waals surface area contributed by atoms with Crippen molar-refractivity contribution in [1.82, 2.24) is 9.88 Å². The molecule has 2 N–H and O–H groups in total. The van der Waals surface area contributed by atoms with Crippen LogP contribution in [-0.4, -0.2) is 57.3 Å². The van der Waals surface area contributed by atoms with E-state index in [4.69, 9.17) is 14.9 Å². The van der Waals surface area contributed by atoms with E-state index in [1.54, 1.807) is 22.7 Å². The van der Waals surface area contributed by atoms with Crippen LogP contribution in [0.1, 0.15) is 25.7 Å². The van der Waals surface area contributed by atoms with Crippen LogP contribution in [-0.2, 0) is 9.59 Å². The highest BCUT2D eigenvalue weighted by Gasteiger charge is 2.39. The maximum Gasteiger partial charge on any atom is 0.328 e. The summed E-state index contributed by atoms with van der Waals surface area (Å²) in [4.78, 5) is 27.4. The molecule has 0 saturated carbocycles. The number of carboxylic acids is 2. The Morgan fingerprint density at radius 3 is 2.47 bits per heavy atom.